The summed E-state index contributed by atoms with van der Waals surface area (Å²) in [6.07, 6.45) is 0.783. The van der Waals surface area contributed by atoms with Crippen molar-refractivity contribution in [1.82, 2.24) is 0 Å². The van der Waals surface area contributed by atoms with Gasteiger partial charge in [0, 0.05) is 10.0 Å². The van der Waals surface area contributed by atoms with Gasteiger partial charge < -0.3 is 9.47 Å². The zero-order valence-electron chi connectivity index (χ0n) is 10.4. The molecule has 0 saturated heterocycles. The Morgan fingerprint density at radius 3 is 2.68 bits per heavy atom. The first-order valence-corrected chi connectivity index (χ1v) is 6.52. The van der Waals surface area contributed by atoms with Crippen molar-refractivity contribution in [3.63, 3.8) is 0 Å². The Bertz CT molecular complexity index is 581. The maximum atomic E-state index is 10.8. The SMILES string of the molecule is COc1ccc(C=O)cc1OCc1cccc(Br)c1. The summed E-state index contributed by atoms with van der Waals surface area (Å²) in [6.45, 7) is 0.415. The highest BCUT2D eigenvalue weighted by Crippen LogP contribution is 2.28. The van der Waals surface area contributed by atoms with Gasteiger partial charge in [-0.25, -0.2) is 0 Å². The number of hydrogen-bond acceptors (Lipinski definition) is 3. The molecule has 98 valence electrons. The van der Waals surface area contributed by atoms with Crippen LogP contribution in [0.1, 0.15) is 15.9 Å². The summed E-state index contributed by atoms with van der Waals surface area (Å²) in [7, 11) is 1.57. The molecule has 2 aromatic rings. The van der Waals surface area contributed by atoms with E-state index in [2.05, 4.69) is 15.9 Å². The topological polar surface area (TPSA) is 35.5 Å². The van der Waals surface area contributed by atoms with E-state index in [9.17, 15) is 4.79 Å². The van der Waals surface area contributed by atoms with Gasteiger partial charge in [-0.2, -0.15) is 0 Å². The Morgan fingerprint density at radius 1 is 1.16 bits per heavy atom. The molecule has 0 unspecified atom stereocenters. The minimum Gasteiger partial charge on any atom is -0.493 e. The Kier molecular flexibility index (Phi) is 4.58. The highest BCUT2D eigenvalue weighted by molar-refractivity contribution is 9.10. The molecule has 0 radical (unpaired) electrons. The van der Waals surface area contributed by atoms with Gasteiger partial charge in [-0.3, -0.25) is 4.79 Å². The number of carbonyl (C=O) groups is 1. The Hall–Kier alpha value is -1.81. The summed E-state index contributed by atoms with van der Waals surface area (Å²) in [4.78, 5) is 10.8. The fourth-order valence-corrected chi connectivity index (χ4v) is 2.11. The molecule has 2 aromatic carbocycles. The van der Waals surface area contributed by atoms with Crippen molar-refractivity contribution in [1.29, 1.82) is 0 Å². The Balaban J connectivity index is 2.16. The summed E-state index contributed by atoms with van der Waals surface area (Å²) < 4.78 is 11.9. The zero-order chi connectivity index (χ0) is 13.7. The van der Waals surface area contributed by atoms with Crippen molar-refractivity contribution < 1.29 is 14.3 Å². The molecule has 0 aromatic heterocycles. The summed E-state index contributed by atoms with van der Waals surface area (Å²) in [6, 6.07) is 12.9. The molecular formula is C15H13BrO3. The Labute approximate surface area is 120 Å². The lowest BCUT2D eigenvalue weighted by Gasteiger charge is -2.11. The molecule has 0 saturated carbocycles. The average Bonchev–Trinajstić information content (AvgIpc) is 2.45. The van der Waals surface area contributed by atoms with E-state index >= 15 is 0 Å². The monoisotopic (exact) mass is 320 g/mol. The van der Waals surface area contributed by atoms with Crippen LogP contribution in [0.25, 0.3) is 0 Å². The van der Waals surface area contributed by atoms with E-state index in [-0.39, 0.29) is 0 Å². The van der Waals surface area contributed by atoms with E-state index in [4.69, 9.17) is 9.47 Å². The summed E-state index contributed by atoms with van der Waals surface area (Å²) >= 11 is 3.41. The van der Waals surface area contributed by atoms with E-state index in [0.29, 0.717) is 23.7 Å². The van der Waals surface area contributed by atoms with Gasteiger partial charge in [0.2, 0.25) is 0 Å². The highest BCUT2D eigenvalue weighted by Gasteiger charge is 2.06. The second-order valence-corrected chi connectivity index (χ2v) is 4.86. The smallest absolute Gasteiger partial charge is 0.162 e. The average molecular weight is 321 g/mol. The molecule has 0 heterocycles. The lowest BCUT2D eigenvalue weighted by Crippen LogP contribution is -1.98. The zero-order valence-corrected chi connectivity index (χ0v) is 12.0. The van der Waals surface area contributed by atoms with E-state index in [0.717, 1.165) is 16.3 Å². The van der Waals surface area contributed by atoms with Gasteiger partial charge in [-0.15, -0.1) is 0 Å². The van der Waals surface area contributed by atoms with Crippen LogP contribution < -0.4 is 9.47 Å². The van der Waals surface area contributed by atoms with Crippen molar-refractivity contribution >= 4 is 22.2 Å². The van der Waals surface area contributed by atoms with Crippen molar-refractivity contribution in [3.8, 4) is 11.5 Å². The van der Waals surface area contributed by atoms with E-state index in [1.807, 2.05) is 24.3 Å². The molecule has 0 atom stereocenters. The molecule has 4 heteroatoms. The number of carbonyl (C=O) groups excluding carboxylic acids is 1. The number of halogens is 1. The fourth-order valence-electron chi connectivity index (χ4n) is 1.67. The molecule has 19 heavy (non-hydrogen) atoms. The van der Waals surface area contributed by atoms with Gasteiger partial charge in [0.1, 0.15) is 12.9 Å². The number of rotatable bonds is 5. The van der Waals surface area contributed by atoms with Crippen LogP contribution in [0, 0.1) is 0 Å². The van der Waals surface area contributed by atoms with Crippen molar-refractivity contribution in [2.24, 2.45) is 0 Å². The third-order valence-corrected chi connectivity index (χ3v) is 3.10. The summed E-state index contributed by atoms with van der Waals surface area (Å²) in [5, 5.41) is 0. The van der Waals surface area contributed by atoms with E-state index < -0.39 is 0 Å². The lowest BCUT2D eigenvalue weighted by molar-refractivity contribution is 0.112. The summed E-state index contributed by atoms with van der Waals surface area (Å²) in [5.74, 6) is 1.17. The molecular weight excluding hydrogens is 308 g/mol. The quantitative estimate of drug-likeness (QED) is 0.785. The predicted molar refractivity (Wildman–Crippen MR) is 76.9 cm³/mol. The molecule has 0 aliphatic rings. The summed E-state index contributed by atoms with van der Waals surface area (Å²) in [5.41, 5.74) is 1.60. The van der Waals surface area contributed by atoms with Crippen LogP contribution >= 0.6 is 15.9 Å². The molecule has 0 amide bonds. The molecule has 0 N–H and O–H groups in total. The van der Waals surface area contributed by atoms with Gasteiger partial charge in [0.25, 0.3) is 0 Å². The molecule has 0 aliphatic carbocycles. The maximum absolute atomic E-state index is 10.8. The van der Waals surface area contributed by atoms with Gasteiger partial charge in [0.05, 0.1) is 7.11 Å². The van der Waals surface area contributed by atoms with Crippen molar-refractivity contribution in [2.45, 2.75) is 6.61 Å². The van der Waals surface area contributed by atoms with E-state index in [1.165, 1.54) is 0 Å². The Morgan fingerprint density at radius 2 is 2.00 bits per heavy atom. The number of methoxy groups -OCH3 is 1. The first-order valence-electron chi connectivity index (χ1n) is 5.73. The lowest BCUT2D eigenvalue weighted by atomic mass is 10.2. The number of benzene rings is 2. The molecule has 0 fully saturated rings. The van der Waals surface area contributed by atoms with Crippen LogP contribution in [0.4, 0.5) is 0 Å². The second kappa shape index (κ2) is 6.38. The van der Waals surface area contributed by atoms with Crippen LogP contribution in [0.3, 0.4) is 0 Å². The second-order valence-electron chi connectivity index (χ2n) is 3.95. The van der Waals surface area contributed by atoms with Crippen molar-refractivity contribution in [2.75, 3.05) is 7.11 Å². The standard InChI is InChI=1S/C15H13BrO3/c1-18-14-6-5-11(9-17)8-15(14)19-10-12-3-2-4-13(16)7-12/h2-9H,10H2,1H3. The number of aldehydes is 1. The molecule has 2 rings (SSSR count). The normalized spacial score (nSPS) is 10.0. The predicted octanol–water partition coefficient (Wildman–Crippen LogP) is 3.85. The fraction of sp³-hybridized carbons (Fsp3) is 0.133. The first kappa shape index (κ1) is 13.6. The number of ether oxygens (including phenoxy) is 2. The maximum Gasteiger partial charge on any atom is 0.162 e. The molecule has 3 nitrogen and oxygen atoms in total. The van der Waals surface area contributed by atoms with Crippen LogP contribution in [-0.4, -0.2) is 13.4 Å². The van der Waals surface area contributed by atoms with Crippen LogP contribution in [0.5, 0.6) is 11.5 Å². The van der Waals surface area contributed by atoms with Crippen LogP contribution in [0.2, 0.25) is 0 Å². The van der Waals surface area contributed by atoms with E-state index in [1.54, 1.807) is 25.3 Å². The van der Waals surface area contributed by atoms with Gasteiger partial charge in [0.15, 0.2) is 11.5 Å². The minimum atomic E-state index is 0.415. The van der Waals surface area contributed by atoms with Crippen LogP contribution in [-0.2, 0) is 6.61 Å². The van der Waals surface area contributed by atoms with Crippen molar-refractivity contribution in [3.05, 3.63) is 58.1 Å². The third kappa shape index (κ3) is 3.58. The molecule has 0 spiro atoms. The van der Waals surface area contributed by atoms with Gasteiger partial charge >= 0.3 is 0 Å². The first-order chi connectivity index (χ1) is 9.22. The third-order valence-electron chi connectivity index (χ3n) is 2.61. The van der Waals surface area contributed by atoms with Crippen LogP contribution in [0.15, 0.2) is 46.9 Å². The molecule has 0 aliphatic heterocycles. The minimum absolute atomic E-state index is 0.415. The number of hydrogen-bond donors (Lipinski definition) is 0. The van der Waals surface area contributed by atoms with Gasteiger partial charge in [-0.1, -0.05) is 28.1 Å². The molecule has 0 bridgehead atoms. The largest absolute Gasteiger partial charge is 0.493 e. The van der Waals surface area contributed by atoms with Gasteiger partial charge in [-0.05, 0) is 35.9 Å². The highest BCUT2D eigenvalue weighted by atomic mass is 79.9.